The molecule has 0 spiro atoms. The Morgan fingerprint density at radius 1 is 1.16 bits per heavy atom. The van der Waals surface area contributed by atoms with E-state index in [9.17, 15) is 22.7 Å². The number of benzene rings is 2. The number of phenols is 1. The van der Waals surface area contributed by atoms with Gasteiger partial charge in [-0.05, 0) is 42.3 Å². The lowest BCUT2D eigenvalue weighted by Gasteiger charge is -2.36. The zero-order chi connectivity index (χ0) is 22.6. The molecule has 164 valence electrons. The molecule has 0 bridgehead atoms. The van der Waals surface area contributed by atoms with Crippen LogP contribution in [0.15, 0.2) is 48.7 Å². The summed E-state index contributed by atoms with van der Waals surface area (Å²) >= 11 is 6.16. The van der Waals surface area contributed by atoms with Crippen molar-refractivity contribution in [1.82, 2.24) is 15.0 Å². The Balaban J connectivity index is 1.73. The van der Waals surface area contributed by atoms with E-state index >= 15 is 0 Å². The number of halogens is 5. The fourth-order valence-corrected chi connectivity index (χ4v) is 4.37. The van der Waals surface area contributed by atoms with E-state index in [4.69, 9.17) is 11.6 Å². The lowest BCUT2D eigenvalue weighted by molar-refractivity contribution is -0.141. The Morgan fingerprint density at radius 2 is 1.97 bits per heavy atom. The third-order valence-corrected chi connectivity index (χ3v) is 5.83. The highest BCUT2D eigenvalue weighted by Gasteiger charge is 2.37. The van der Waals surface area contributed by atoms with Crippen molar-refractivity contribution >= 4 is 28.5 Å². The minimum atomic E-state index is -4.65. The first-order valence-corrected chi connectivity index (χ1v) is 10.1. The summed E-state index contributed by atoms with van der Waals surface area (Å²) in [6.07, 6.45) is -3.15. The van der Waals surface area contributed by atoms with Crippen LogP contribution in [0.3, 0.4) is 0 Å². The summed E-state index contributed by atoms with van der Waals surface area (Å²) in [5.74, 6) is -1.59. The predicted octanol–water partition coefficient (Wildman–Crippen LogP) is 5.63. The van der Waals surface area contributed by atoms with Crippen molar-refractivity contribution in [2.45, 2.75) is 18.6 Å². The Kier molecular flexibility index (Phi) is 4.74. The van der Waals surface area contributed by atoms with Gasteiger partial charge in [0.05, 0.1) is 0 Å². The number of H-pyrrole nitrogens is 1. The van der Waals surface area contributed by atoms with Gasteiger partial charge in [-0.2, -0.15) is 13.2 Å². The molecule has 1 aliphatic heterocycles. The number of fused-ring (bicyclic) bond motifs is 3. The maximum atomic E-state index is 14.2. The quantitative estimate of drug-likeness (QED) is 0.379. The number of aromatic nitrogens is 3. The van der Waals surface area contributed by atoms with E-state index in [2.05, 4.69) is 15.0 Å². The van der Waals surface area contributed by atoms with Crippen molar-refractivity contribution in [2.24, 2.45) is 0 Å². The van der Waals surface area contributed by atoms with Gasteiger partial charge in [0.2, 0.25) is 5.95 Å². The first-order chi connectivity index (χ1) is 15.2. The molecule has 2 aromatic carbocycles. The van der Waals surface area contributed by atoms with Gasteiger partial charge in [0.1, 0.15) is 11.7 Å². The van der Waals surface area contributed by atoms with Gasteiger partial charge in [0.15, 0.2) is 11.6 Å². The zero-order valence-electron chi connectivity index (χ0n) is 16.3. The molecular weight excluding hydrogens is 448 g/mol. The van der Waals surface area contributed by atoms with Crippen LogP contribution in [0.1, 0.15) is 28.6 Å². The number of aromatic amines is 1. The maximum Gasteiger partial charge on any atom is 0.433 e. The standard InChI is InChI=1S/C22H15ClF4N4O/c23-11-4-5-16-14(10-11)12-7-9-31(21-28-8-6-17(30-21)22(25,26)27)19(18(12)29-16)13-2-1-3-15(24)20(13)32/h1-6,8,10,19,29,32H,7,9H2. The summed E-state index contributed by atoms with van der Waals surface area (Å²) in [4.78, 5) is 12.6. The molecule has 0 fully saturated rings. The molecule has 2 N–H and O–H groups in total. The third kappa shape index (κ3) is 3.33. The number of hydrogen-bond donors (Lipinski definition) is 2. The van der Waals surface area contributed by atoms with Crippen LogP contribution in [0.2, 0.25) is 5.02 Å². The van der Waals surface area contributed by atoms with Crippen LogP contribution < -0.4 is 4.90 Å². The monoisotopic (exact) mass is 462 g/mol. The molecule has 0 aliphatic carbocycles. The van der Waals surface area contributed by atoms with Gasteiger partial charge in [-0.15, -0.1) is 0 Å². The highest BCUT2D eigenvalue weighted by Crippen LogP contribution is 2.43. The van der Waals surface area contributed by atoms with Gasteiger partial charge in [0, 0.05) is 39.9 Å². The van der Waals surface area contributed by atoms with Crippen LogP contribution in [0.5, 0.6) is 5.75 Å². The highest BCUT2D eigenvalue weighted by atomic mass is 35.5. The molecule has 1 atom stereocenters. The molecule has 10 heteroatoms. The average Bonchev–Trinajstić information content (AvgIpc) is 3.12. The van der Waals surface area contributed by atoms with E-state index in [0.717, 1.165) is 34.8 Å². The van der Waals surface area contributed by atoms with E-state index < -0.39 is 29.5 Å². The minimum Gasteiger partial charge on any atom is -0.505 e. The molecule has 32 heavy (non-hydrogen) atoms. The number of aromatic hydroxyl groups is 1. The highest BCUT2D eigenvalue weighted by molar-refractivity contribution is 6.31. The number of alkyl halides is 3. The maximum absolute atomic E-state index is 14.2. The SMILES string of the molecule is Oc1c(F)cccc1C1c2[nH]c3ccc(Cl)cc3c2CCN1c1nccc(C(F)(F)F)n1. The number of para-hydroxylation sites is 1. The van der Waals surface area contributed by atoms with Crippen LogP contribution in [0.25, 0.3) is 10.9 Å². The van der Waals surface area contributed by atoms with Crippen LogP contribution in [0, 0.1) is 5.82 Å². The molecule has 1 aliphatic rings. The lowest BCUT2D eigenvalue weighted by Crippen LogP contribution is -2.37. The first kappa shape index (κ1) is 20.6. The van der Waals surface area contributed by atoms with Crippen molar-refractivity contribution in [2.75, 3.05) is 11.4 Å². The summed E-state index contributed by atoms with van der Waals surface area (Å²) in [5.41, 5.74) is 1.37. The molecule has 3 heterocycles. The fraction of sp³-hybridized carbons (Fsp3) is 0.182. The van der Waals surface area contributed by atoms with Gasteiger partial charge in [-0.1, -0.05) is 23.7 Å². The van der Waals surface area contributed by atoms with Crippen molar-refractivity contribution < 1.29 is 22.7 Å². The van der Waals surface area contributed by atoms with E-state index in [0.29, 0.717) is 17.1 Å². The van der Waals surface area contributed by atoms with Crippen molar-refractivity contribution in [3.05, 3.63) is 82.0 Å². The largest absolute Gasteiger partial charge is 0.505 e. The van der Waals surface area contributed by atoms with Crippen molar-refractivity contribution in [3.63, 3.8) is 0 Å². The number of phenolic OH excluding ortho intramolecular Hbond substituents is 1. The Labute approximate surface area is 184 Å². The third-order valence-electron chi connectivity index (χ3n) is 5.59. The van der Waals surface area contributed by atoms with Crippen molar-refractivity contribution in [3.8, 4) is 5.75 Å². The van der Waals surface area contributed by atoms with E-state index in [1.165, 1.54) is 17.0 Å². The Bertz CT molecular complexity index is 1340. The second-order valence-electron chi connectivity index (χ2n) is 7.47. The van der Waals surface area contributed by atoms with Crippen molar-refractivity contribution in [1.29, 1.82) is 0 Å². The minimum absolute atomic E-state index is 0.171. The molecule has 0 saturated carbocycles. The first-order valence-electron chi connectivity index (χ1n) is 9.68. The molecule has 2 aromatic heterocycles. The molecule has 0 amide bonds. The van der Waals surface area contributed by atoms with Gasteiger partial charge in [-0.25, -0.2) is 14.4 Å². The van der Waals surface area contributed by atoms with Gasteiger partial charge in [0.25, 0.3) is 0 Å². The summed E-state index contributed by atoms with van der Waals surface area (Å²) in [7, 11) is 0. The second-order valence-corrected chi connectivity index (χ2v) is 7.91. The second kappa shape index (κ2) is 7.37. The van der Waals surface area contributed by atoms with Crippen LogP contribution in [0.4, 0.5) is 23.5 Å². The zero-order valence-corrected chi connectivity index (χ0v) is 17.0. The van der Waals surface area contributed by atoms with E-state index in [1.54, 1.807) is 18.2 Å². The van der Waals surface area contributed by atoms with Crippen LogP contribution in [-0.2, 0) is 12.6 Å². The normalized spacial score (nSPS) is 16.4. The average molecular weight is 463 g/mol. The van der Waals surface area contributed by atoms with E-state index in [1.807, 2.05) is 0 Å². The Morgan fingerprint density at radius 3 is 2.75 bits per heavy atom. The fourth-order valence-electron chi connectivity index (χ4n) is 4.20. The summed E-state index contributed by atoms with van der Waals surface area (Å²) < 4.78 is 54.1. The topological polar surface area (TPSA) is 65.0 Å². The smallest absolute Gasteiger partial charge is 0.433 e. The summed E-state index contributed by atoms with van der Waals surface area (Å²) in [5, 5.41) is 11.9. The van der Waals surface area contributed by atoms with E-state index in [-0.39, 0.29) is 18.1 Å². The predicted molar refractivity (Wildman–Crippen MR) is 111 cm³/mol. The van der Waals surface area contributed by atoms with Gasteiger partial charge in [-0.3, -0.25) is 0 Å². The molecule has 0 saturated heterocycles. The van der Waals surface area contributed by atoms with Gasteiger partial charge < -0.3 is 15.0 Å². The molecule has 4 aromatic rings. The van der Waals surface area contributed by atoms with Crippen LogP contribution in [-0.4, -0.2) is 26.6 Å². The van der Waals surface area contributed by atoms with Crippen LogP contribution >= 0.6 is 11.6 Å². The number of hydrogen-bond acceptors (Lipinski definition) is 4. The van der Waals surface area contributed by atoms with Gasteiger partial charge >= 0.3 is 6.18 Å². The number of anilines is 1. The Hall–Kier alpha value is -3.33. The molecular formula is C22H15ClF4N4O. The summed E-state index contributed by atoms with van der Waals surface area (Å²) in [6, 6.07) is 9.32. The number of nitrogens with zero attached hydrogens (tertiary/aromatic N) is 3. The number of nitrogens with one attached hydrogen (secondary N) is 1. The molecule has 0 radical (unpaired) electrons. The lowest BCUT2D eigenvalue weighted by atomic mass is 9.92. The summed E-state index contributed by atoms with van der Waals surface area (Å²) in [6.45, 7) is 0.244. The molecule has 1 unspecified atom stereocenters. The molecule has 5 nitrogen and oxygen atoms in total. The molecule has 5 rings (SSSR count). The number of rotatable bonds is 2.